The van der Waals surface area contributed by atoms with E-state index in [2.05, 4.69) is 15.0 Å². The molecule has 0 unspecified atom stereocenters. The molecule has 0 aliphatic carbocycles. The number of aromatic nitrogens is 4. The van der Waals surface area contributed by atoms with Crippen LogP contribution in [0.5, 0.6) is 0 Å². The quantitative estimate of drug-likeness (QED) is 0.512. The van der Waals surface area contributed by atoms with E-state index in [0.717, 1.165) is 12.3 Å². The van der Waals surface area contributed by atoms with Crippen molar-refractivity contribution in [1.82, 2.24) is 19.5 Å². The molecule has 0 saturated carbocycles. The van der Waals surface area contributed by atoms with Gasteiger partial charge in [0.05, 0.1) is 39.1 Å². The number of imidazole rings is 1. The van der Waals surface area contributed by atoms with Gasteiger partial charge in [-0.05, 0) is 39.8 Å². The third-order valence-electron chi connectivity index (χ3n) is 6.38. The molecule has 0 bridgehead atoms. The van der Waals surface area contributed by atoms with Crippen molar-refractivity contribution >= 4 is 33.5 Å². The van der Waals surface area contributed by atoms with Crippen molar-refractivity contribution in [2.75, 3.05) is 5.75 Å². The maximum absolute atomic E-state index is 13.1. The summed E-state index contributed by atoms with van der Waals surface area (Å²) < 4.78 is 78.8. The second kappa shape index (κ2) is 7.75. The number of pyridine rings is 2. The van der Waals surface area contributed by atoms with Crippen LogP contribution in [-0.2, 0) is 32.4 Å². The van der Waals surface area contributed by atoms with E-state index in [1.54, 1.807) is 7.05 Å². The average Bonchev–Trinajstić information content (AvgIpc) is 3.18. The summed E-state index contributed by atoms with van der Waals surface area (Å²) in [6.07, 6.45) is -2.14. The van der Waals surface area contributed by atoms with Gasteiger partial charge in [0.25, 0.3) is 0 Å². The monoisotopic (exact) mass is 496 g/mol. The van der Waals surface area contributed by atoms with Crippen molar-refractivity contribution in [2.45, 2.75) is 56.9 Å². The Morgan fingerprint density at radius 2 is 1.68 bits per heavy atom. The maximum atomic E-state index is 13.1. The molecule has 0 amide bonds. The summed E-state index contributed by atoms with van der Waals surface area (Å²) in [5.41, 5.74) is -1.60. The van der Waals surface area contributed by atoms with Gasteiger partial charge >= 0.3 is 13.3 Å². The molecule has 1 saturated heterocycles. The van der Waals surface area contributed by atoms with Crippen molar-refractivity contribution in [3.8, 4) is 11.5 Å². The molecule has 0 atom stereocenters. The van der Waals surface area contributed by atoms with E-state index in [1.807, 2.05) is 27.7 Å². The fraction of sp³-hybridized carbons (Fsp3) is 0.476. The third kappa shape index (κ3) is 3.99. The van der Waals surface area contributed by atoms with Crippen LogP contribution in [-0.4, -0.2) is 52.0 Å². The fourth-order valence-corrected chi connectivity index (χ4v) is 4.65. The molecule has 0 N–H and O–H groups in total. The van der Waals surface area contributed by atoms with E-state index >= 15 is 0 Å². The van der Waals surface area contributed by atoms with Crippen LogP contribution in [0.2, 0.25) is 0 Å². The zero-order valence-corrected chi connectivity index (χ0v) is 20.4. The number of halogens is 3. The lowest BCUT2D eigenvalue weighted by molar-refractivity contribution is -0.141. The van der Waals surface area contributed by atoms with Gasteiger partial charge in [0.2, 0.25) is 0 Å². The molecule has 13 heteroatoms. The molecule has 4 rings (SSSR count). The van der Waals surface area contributed by atoms with Crippen LogP contribution in [0.3, 0.4) is 0 Å². The summed E-state index contributed by atoms with van der Waals surface area (Å²) in [5.74, 6) is -0.110. The number of hydrogen-bond donors (Lipinski definition) is 0. The Hall–Kier alpha value is -2.51. The summed E-state index contributed by atoms with van der Waals surface area (Å²) in [7, 11) is -3.07. The van der Waals surface area contributed by atoms with Gasteiger partial charge < -0.3 is 13.9 Å². The first-order valence-corrected chi connectivity index (χ1v) is 12.2. The predicted molar refractivity (Wildman–Crippen MR) is 120 cm³/mol. The zero-order valence-electron chi connectivity index (χ0n) is 19.6. The fourth-order valence-electron chi connectivity index (χ4n) is 3.58. The van der Waals surface area contributed by atoms with Gasteiger partial charge in [-0.25, -0.2) is 18.4 Å². The Bertz CT molecular complexity index is 1370. The van der Waals surface area contributed by atoms with E-state index in [1.165, 1.54) is 23.8 Å². The highest BCUT2D eigenvalue weighted by Crippen LogP contribution is 2.37. The predicted octanol–water partition coefficient (Wildman–Crippen LogP) is 3.14. The van der Waals surface area contributed by atoms with Gasteiger partial charge in [0.15, 0.2) is 15.7 Å². The van der Waals surface area contributed by atoms with Crippen molar-refractivity contribution in [3.05, 3.63) is 30.2 Å². The summed E-state index contributed by atoms with van der Waals surface area (Å²) in [6, 6.07) is 2.26. The largest absolute Gasteiger partial charge is 0.496 e. The normalized spacial score (nSPS) is 18.1. The molecule has 1 fully saturated rings. The van der Waals surface area contributed by atoms with Crippen molar-refractivity contribution in [1.29, 1.82) is 0 Å². The Balaban J connectivity index is 1.87. The number of rotatable bonds is 4. The molecule has 182 valence electrons. The third-order valence-corrected chi connectivity index (χ3v) is 8.13. The number of aryl methyl sites for hydroxylation is 1. The molecule has 34 heavy (non-hydrogen) atoms. The first kappa shape index (κ1) is 24.6. The van der Waals surface area contributed by atoms with Gasteiger partial charge in [-0.15, -0.1) is 0 Å². The Morgan fingerprint density at radius 3 is 2.24 bits per heavy atom. The SMILES string of the molecule is CCS(=O)(=O)c1cc(B2OC(C)(C)C(C)(C)O2)cnc1-c1nc2cc(C(F)(F)F)ncc2n1C. The van der Waals surface area contributed by atoms with E-state index < -0.39 is 40.0 Å². The minimum Gasteiger partial charge on any atom is -0.399 e. The Labute approximate surface area is 195 Å². The molecular formula is C21H24BF3N4O4S. The second-order valence-corrected chi connectivity index (χ2v) is 11.4. The van der Waals surface area contributed by atoms with Gasteiger partial charge in [0, 0.05) is 18.7 Å². The molecule has 3 aromatic heterocycles. The van der Waals surface area contributed by atoms with Gasteiger partial charge in [-0.1, -0.05) is 6.92 Å². The van der Waals surface area contributed by atoms with E-state index in [0.29, 0.717) is 11.0 Å². The number of alkyl halides is 3. The van der Waals surface area contributed by atoms with Crippen LogP contribution < -0.4 is 5.46 Å². The van der Waals surface area contributed by atoms with Crippen LogP contribution in [0.4, 0.5) is 13.2 Å². The maximum Gasteiger partial charge on any atom is 0.496 e. The van der Waals surface area contributed by atoms with Gasteiger partial charge in [0.1, 0.15) is 11.4 Å². The molecule has 1 aliphatic rings. The van der Waals surface area contributed by atoms with E-state index in [9.17, 15) is 21.6 Å². The lowest BCUT2D eigenvalue weighted by Crippen LogP contribution is -2.41. The van der Waals surface area contributed by atoms with Crippen LogP contribution in [0, 0.1) is 0 Å². The zero-order chi connectivity index (χ0) is 25.3. The molecular weight excluding hydrogens is 472 g/mol. The summed E-state index contributed by atoms with van der Waals surface area (Å²) in [4.78, 5) is 12.0. The minimum atomic E-state index is -4.63. The van der Waals surface area contributed by atoms with Gasteiger partial charge in [-0.2, -0.15) is 13.2 Å². The van der Waals surface area contributed by atoms with E-state index in [4.69, 9.17) is 9.31 Å². The smallest absolute Gasteiger partial charge is 0.399 e. The molecule has 0 aromatic carbocycles. The molecule has 4 heterocycles. The second-order valence-electron chi connectivity index (χ2n) is 9.16. The number of fused-ring (bicyclic) bond motifs is 1. The summed E-state index contributed by atoms with van der Waals surface area (Å²) in [5, 5.41) is 0. The highest BCUT2D eigenvalue weighted by atomic mass is 32.2. The summed E-state index contributed by atoms with van der Waals surface area (Å²) in [6.45, 7) is 9.00. The standard InChI is InChI=1S/C21H24BF3N4O4S/c1-7-34(30,31)15-8-12(22-32-19(2,3)20(4,5)33-22)10-27-17(15)18-28-13-9-16(21(23,24)25)26-11-14(13)29(18)6/h8-11H,7H2,1-6H3. The van der Waals surface area contributed by atoms with Crippen molar-refractivity contribution in [2.24, 2.45) is 7.05 Å². The van der Waals surface area contributed by atoms with Crippen LogP contribution in [0.25, 0.3) is 22.6 Å². The Kier molecular flexibility index (Phi) is 5.61. The van der Waals surface area contributed by atoms with Crippen LogP contribution in [0.1, 0.15) is 40.3 Å². The Morgan fingerprint density at radius 1 is 1.06 bits per heavy atom. The van der Waals surface area contributed by atoms with Gasteiger partial charge in [-0.3, -0.25) is 4.98 Å². The lowest BCUT2D eigenvalue weighted by Gasteiger charge is -2.32. The van der Waals surface area contributed by atoms with E-state index in [-0.39, 0.29) is 27.7 Å². The molecule has 0 radical (unpaired) electrons. The van der Waals surface area contributed by atoms with Crippen LogP contribution in [0.15, 0.2) is 29.4 Å². The first-order valence-electron chi connectivity index (χ1n) is 10.6. The molecule has 1 aliphatic heterocycles. The summed E-state index contributed by atoms with van der Waals surface area (Å²) >= 11 is 0. The topological polar surface area (TPSA) is 96.2 Å². The minimum absolute atomic E-state index is 0.0226. The highest BCUT2D eigenvalue weighted by Gasteiger charge is 2.52. The van der Waals surface area contributed by atoms with Crippen molar-refractivity contribution < 1.29 is 30.9 Å². The first-order chi connectivity index (χ1) is 15.6. The average molecular weight is 496 g/mol. The van der Waals surface area contributed by atoms with Crippen LogP contribution >= 0.6 is 0 Å². The lowest BCUT2D eigenvalue weighted by atomic mass is 9.80. The molecule has 0 spiro atoms. The highest BCUT2D eigenvalue weighted by molar-refractivity contribution is 7.91. The molecule has 3 aromatic rings. The number of nitrogens with zero attached hydrogens (tertiary/aromatic N) is 4. The number of sulfone groups is 1. The molecule has 8 nitrogen and oxygen atoms in total. The van der Waals surface area contributed by atoms with Crippen molar-refractivity contribution in [3.63, 3.8) is 0 Å². The number of hydrogen-bond acceptors (Lipinski definition) is 7.